The highest BCUT2D eigenvalue weighted by atomic mass is 28.3. The van der Waals surface area contributed by atoms with Crippen LogP contribution in [-0.2, 0) is 6.42 Å². The largest absolute Gasteiger partial charge is 0.0842 e. The number of benzene rings is 1. The Kier molecular flexibility index (Phi) is 5.09. The van der Waals surface area contributed by atoms with Crippen LogP contribution in [0.4, 0.5) is 0 Å². The molecular weight excluding hydrogens is 460 g/mol. The fraction of sp³-hybridized carbons (Fsp3) is 0.556. The van der Waals surface area contributed by atoms with Crippen LogP contribution >= 0.6 is 0 Å². The molecule has 37 heavy (non-hydrogen) atoms. The van der Waals surface area contributed by atoms with Crippen LogP contribution in [0.3, 0.4) is 0 Å². The summed E-state index contributed by atoms with van der Waals surface area (Å²) in [5, 5.41) is 0.132. The predicted octanol–water partition coefficient (Wildman–Crippen LogP) is 10.3. The molecule has 0 saturated heterocycles. The Morgan fingerprint density at radius 3 is 2.14 bits per heavy atom. The second-order valence-electron chi connectivity index (χ2n) is 15.3. The zero-order chi connectivity index (χ0) is 26.8. The third-order valence-electron chi connectivity index (χ3n) is 14.1. The molecule has 0 bridgehead atoms. The molecule has 3 unspecified atom stereocenters. The molecule has 0 N–H and O–H groups in total. The Morgan fingerprint density at radius 1 is 0.811 bits per heavy atom. The smallest absolute Gasteiger partial charge is 0.0698 e. The first-order chi connectivity index (χ1) is 17.2. The molecular formula is C36H48Si. The van der Waals surface area contributed by atoms with E-state index in [0.29, 0.717) is 11.5 Å². The van der Waals surface area contributed by atoms with E-state index in [1.54, 1.807) is 16.7 Å². The summed E-state index contributed by atoms with van der Waals surface area (Å²) >= 11 is 0. The quantitative estimate of drug-likeness (QED) is 0.348. The highest BCUT2D eigenvalue weighted by Gasteiger charge is 2.76. The highest BCUT2D eigenvalue weighted by Crippen LogP contribution is 2.84. The van der Waals surface area contributed by atoms with Crippen molar-refractivity contribution >= 4 is 13.6 Å². The Balaban J connectivity index is 1.79. The first kappa shape index (κ1) is 25.4. The van der Waals surface area contributed by atoms with Crippen molar-refractivity contribution in [3.8, 4) is 0 Å². The fourth-order valence-corrected chi connectivity index (χ4v) is 15.1. The van der Waals surface area contributed by atoms with Crippen LogP contribution in [0.5, 0.6) is 0 Å². The van der Waals surface area contributed by atoms with Gasteiger partial charge in [-0.15, -0.1) is 0 Å². The number of hydrogen-bond donors (Lipinski definition) is 0. The standard InChI is InChI=1S/C36H48Si/c1-32(2)33(3,4)35(7)29-22-16-15-21-27(29)30-26-20-14-11-17-24(26)23-28(30)31(35)36(8,34(32,5)6)37(9,10)25-18-12-13-19-25/h11-15,17-21,25,29H,16,22-23H2,1-10H3. The molecule has 0 spiro atoms. The SMILES string of the molecule is CC12C(=C3Cc4ccccc4C3=C3C=CCCC31)C(C)([Si](C)(C)C1C=CC=C1)C(C)(C)C(C)(C)C2(C)C. The Hall–Kier alpha value is -1.86. The van der Waals surface area contributed by atoms with E-state index in [2.05, 4.69) is 129 Å². The Labute approximate surface area is 227 Å². The van der Waals surface area contributed by atoms with E-state index >= 15 is 0 Å². The maximum atomic E-state index is 2.75. The second-order valence-corrected chi connectivity index (χ2v) is 20.4. The van der Waals surface area contributed by atoms with Gasteiger partial charge in [0, 0.05) is 5.41 Å². The van der Waals surface area contributed by atoms with E-state index in [0.717, 1.165) is 6.42 Å². The van der Waals surface area contributed by atoms with Gasteiger partial charge < -0.3 is 0 Å². The lowest BCUT2D eigenvalue weighted by atomic mass is 9.32. The van der Waals surface area contributed by atoms with Gasteiger partial charge in [0.2, 0.25) is 0 Å². The highest BCUT2D eigenvalue weighted by molar-refractivity contribution is 6.83. The summed E-state index contributed by atoms with van der Waals surface area (Å²) in [5.41, 5.74) is 11.0. The van der Waals surface area contributed by atoms with Gasteiger partial charge in [0.15, 0.2) is 0 Å². The van der Waals surface area contributed by atoms with Crippen molar-refractivity contribution in [1.82, 2.24) is 0 Å². The molecule has 5 aliphatic rings. The second kappa shape index (κ2) is 7.41. The average Bonchev–Trinajstić information content (AvgIpc) is 3.51. The average molecular weight is 509 g/mol. The third-order valence-corrected chi connectivity index (χ3v) is 19.6. The zero-order valence-electron chi connectivity index (χ0n) is 25.0. The minimum Gasteiger partial charge on any atom is -0.0842 e. The van der Waals surface area contributed by atoms with Gasteiger partial charge in [0.1, 0.15) is 0 Å². The lowest BCUT2D eigenvalue weighted by Crippen LogP contribution is -2.71. The van der Waals surface area contributed by atoms with Gasteiger partial charge in [-0.3, -0.25) is 0 Å². The molecule has 0 radical (unpaired) electrons. The molecule has 1 fully saturated rings. The molecule has 0 nitrogen and oxygen atoms in total. The molecule has 0 aliphatic heterocycles. The van der Waals surface area contributed by atoms with Crippen molar-refractivity contribution in [3.63, 3.8) is 0 Å². The lowest BCUT2D eigenvalue weighted by Gasteiger charge is -2.77. The molecule has 1 aromatic rings. The monoisotopic (exact) mass is 508 g/mol. The van der Waals surface area contributed by atoms with Crippen molar-refractivity contribution in [1.29, 1.82) is 0 Å². The van der Waals surface area contributed by atoms with Crippen molar-refractivity contribution < 1.29 is 0 Å². The molecule has 1 aromatic carbocycles. The van der Waals surface area contributed by atoms with Gasteiger partial charge in [0.05, 0.1) is 8.07 Å². The number of fused-ring (bicyclic) bond motifs is 6. The van der Waals surface area contributed by atoms with Crippen LogP contribution < -0.4 is 0 Å². The number of allylic oxidation sites excluding steroid dienone is 10. The molecule has 196 valence electrons. The Bertz CT molecular complexity index is 1320. The minimum atomic E-state index is -1.93. The summed E-state index contributed by atoms with van der Waals surface area (Å²) in [6.07, 6.45) is 18.3. The van der Waals surface area contributed by atoms with Crippen molar-refractivity contribution in [2.45, 2.75) is 98.3 Å². The normalized spacial score (nSPS) is 34.9. The van der Waals surface area contributed by atoms with E-state index in [4.69, 9.17) is 0 Å². The van der Waals surface area contributed by atoms with E-state index < -0.39 is 8.07 Å². The number of hydrogen-bond acceptors (Lipinski definition) is 0. The van der Waals surface area contributed by atoms with Gasteiger partial charge in [-0.25, -0.2) is 0 Å². The summed E-state index contributed by atoms with van der Waals surface area (Å²) in [5.74, 6) is 0.571. The first-order valence-corrected chi connectivity index (χ1v) is 17.8. The van der Waals surface area contributed by atoms with Gasteiger partial charge in [0.25, 0.3) is 0 Å². The topological polar surface area (TPSA) is 0 Å². The van der Waals surface area contributed by atoms with Crippen LogP contribution in [0.25, 0.3) is 5.57 Å². The lowest BCUT2D eigenvalue weighted by molar-refractivity contribution is -0.156. The van der Waals surface area contributed by atoms with Gasteiger partial charge in [-0.05, 0) is 79.9 Å². The molecule has 6 rings (SSSR count). The van der Waals surface area contributed by atoms with Crippen LogP contribution in [-0.4, -0.2) is 8.07 Å². The summed E-state index contributed by atoms with van der Waals surface area (Å²) in [4.78, 5) is 0. The van der Waals surface area contributed by atoms with Crippen LogP contribution in [0.1, 0.15) is 79.4 Å². The van der Waals surface area contributed by atoms with Crippen LogP contribution in [0.15, 0.2) is 77.4 Å². The van der Waals surface area contributed by atoms with Gasteiger partial charge in [-0.1, -0.05) is 135 Å². The molecule has 5 aliphatic carbocycles. The van der Waals surface area contributed by atoms with Crippen LogP contribution in [0.2, 0.25) is 23.7 Å². The first-order valence-electron chi connectivity index (χ1n) is 14.8. The minimum absolute atomic E-state index is 0.109. The van der Waals surface area contributed by atoms with E-state index in [1.165, 1.54) is 24.0 Å². The van der Waals surface area contributed by atoms with E-state index in [9.17, 15) is 0 Å². The molecule has 0 amide bonds. The maximum absolute atomic E-state index is 2.75. The Morgan fingerprint density at radius 2 is 1.46 bits per heavy atom. The fourth-order valence-electron chi connectivity index (χ4n) is 10.3. The molecule has 1 heteroatoms. The molecule has 0 heterocycles. The van der Waals surface area contributed by atoms with Crippen molar-refractivity contribution in [2.24, 2.45) is 27.6 Å². The summed E-state index contributed by atoms with van der Waals surface area (Å²) in [6, 6.07) is 9.33. The summed E-state index contributed by atoms with van der Waals surface area (Å²) in [7, 11) is -1.93. The third kappa shape index (κ3) is 2.61. The molecule has 0 aromatic heterocycles. The molecule has 1 saturated carbocycles. The van der Waals surface area contributed by atoms with Crippen molar-refractivity contribution in [3.05, 3.63) is 88.6 Å². The predicted molar refractivity (Wildman–Crippen MR) is 163 cm³/mol. The van der Waals surface area contributed by atoms with Gasteiger partial charge in [-0.2, -0.15) is 0 Å². The summed E-state index contributed by atoms with van der Waals surface area (Å²) in [6.45, 7) is 26.8. The van der Waals surface area contributed by atoms with Crippen LogP contribution in [0, 0.1) is 27.6 Å². The maximum Gasteiger partial charge on any atom is 0.0698 e. The molecule has 3 atom stereocenters. The van der Waals surface area contributed by atoms with Gasteiger partial charge >= 0.3 is 0 Å². The van der Waals surface area contributed by atoms with E-state index in [1.807, 2.05) is 5.57 Å². The zero-order valence-corrected chi connectivity index (χ0v) is 26.0. The summed E-state index contributed by atoms with van der Waals surface area (Å²) < 4.78 is 0. The van der Waals surface area contributed by atoms with E-state index in [-0.39, 0.29) is 26.7 Å². The number of rotatable bonds is 2. The van der Waals surface area contributed by atoms with Crippen molar-refractivity contribution in [2.75, 3.05) is 0 Å².